The van der Waals surface area contributed by atoms with Crippen LogP contribution in [-0.2, 0) is 9.53 Å². The minimum Gasteiger partial charge on any atom is -0.462 e. The number of nitrogens with one attached hydrogen (secondary N) is 1. The Balaban J connectivity index is 1.34. The van der Waals surface area contributed by atoms with Crippen molar-refractivity contribution < 1.29 is 9.53 Å². The molecule has 1 saturated carbocycles. The summed E-state index contributed by atoms with van der Waals surface area (Å²) < 4.78 is 7.48. The van der Waals surface area contributed by atoms with Gasteiger partial charge in [0.1, 0.15) is 11.8 Å². The summed E-state index contributed by atoms with van der Waals surface area (Å²) in [7, 11) is 0. The molecule has 184 valence electrons. The lowest BCUT2D eigenvalue weighted by atomic mass is 9.92. The Morgan fingerprint density at radius 1 is 1.08 bits per heavy atom. The zero-order chi connectivity index (χ0) is 25.0. The van der Waals surface area contributed by atoms with Crippen LogP contribution < -0.4 is 10.9 Å². The van der Waals surface area contributed by atoms with Gasteiger partial charge in [0.2, 0.25) is 0 Å². The van der Waals surface area contributed by atoms with Gasteiger partial charge in [-0.2, -0.15) is 0 Å². The Hall–Kier alpha value is -3.67. The van der Waals surface area contributed by atoms with E-state index in [2.05, 4.69) is 23.5 Å². The van der Waals surface area contributed by atoms with Crippen molar-refractivity contribution in [2.75, 3.05) is 5.32 Å². The smallest absolute Gasteiger partial charge is 0.308 e. The van der Waals surface area contributed by atoms with Gasteiger partial charge in [0.05, 0.1) is 17.0 Å². The third kappa shape index (κ3) is 3.67. The highest BCUT2D eigenvalue weighted by Crippen LogP contribution is 2.35. The predicted octanol–water partition coefficient (Wildman–Crippen LogP) is 6.21. The lowest BCUT2D eigenvalue weighted by molar-refractivity contribution is -0.155. The maximum Gasteiger partial charge on any atom is 0.308 e. The van der Waals surface area contributed by atoms with E-state index in [4.69, 9.17) is 9.72 Å². The summed E-state index contributed by atoms with van der Waals surface area (Å²) in [6.07, 6.45) is 4.42. The quantitative estimate of drug-likeness (QED) is 0.302. The molecule has 1 aliphatic carbocycles. The van der Waals surface area contributed by atoms with Crippen molar-refractivity contribution in [3.05, 3.63) is 64.4 Å². The van der Waals surface area contributed by atoms with Gasteiger partial charge in [0.15, 0.2) is 0 Å². The van der Waals surface area contributed by atoms with E-state index in [-0.39, 0.29) is 23.6 Å². The Labute approximate surface area is 209 Å². The third-order valence-electron chi connectivity index (χ3n) is 7.86. The number of ether oxygens (including phenoxy) is 1. The second kappa shape index (κ2) is 8.77. The number of pyridine rings is 1. The topological polar surface area (TPSA) is 72.7 Å². The molecule has 2 heterocycles. The number of aryl methyl sites for hydroxylation is 1. The van der Waals surface area contributed by atoms with Gasteiger partial charge in [0.25, 0.3) is 5.56 Å². The van der Waals surface area contributed by atoms with E-state index in [0.29, 0.717) is 17.1 Å². The van der Waals surface area contributed by atoms with Crippen molar-refractivity contribution in [3.8, 4) is 0 Å². The maximum atomic E-state index is 13.6. The molecule has 5 aromatic rings. The van der Waals surface area contributed by atoms with Gasteiger partial charge in [-0.05, 0) is 74.9 Å². The van der Waals surface area contributed by atoms with E-state index < -0.39 is 0 Å². The van der Waals surface area contributed by atoms with Crippen LogP contribution in [0, 0.1) is 12.8 Å². The van der Waals surface area contributed by atoms with Gasteiger partial charge in [-0.25, -0.2) is 4.98 Å². The molecule has 0 spiro atoms. The summed E-state index contributed by atoms with van der Waals surface area (Å²) in [5, 5.41) is 7.42. The van der Waals surface area contributed by atoms with Crippen LogP contribution in [0.1, 0.15) is 51.5 Å². The molecule has 6 rings (SSSR count). The molecule has 3 aromatic carbocycles. The van der Waals surface area contributed by atoms with Crippen molar-refractivity contribution in [2.24, 2.45) is 5.92 Å². The molecule has 6 heteroatoms. The number of imidazole rings is 1. The van der Waals surface area contributed by atoms with Crippen LogP contribution in [0.2, 0.25) is 0 Å². The summed E-state index contributed by atoms with van der Waals surface area (Å²) in [4.78, 5) is 30.6. The first-order valence-corrected chi connectivity index (χ1v) is 13.0. The Kier molecular flexibility index (Phi) is 5.55. The Morgan fingerprint density at radius 2 is 1.86 bits per heavy atom. The van der Waals surface area contributed by atoms with E-state index in [9.17, 15) is 9.59 Å². The Morgan fingerprint density at radius 3 is 2.64 bits per heavy atom. The van der Waals surface area contributed by atoms with E-state index in [1.807, 2.05) is 51.1 Å². The minimum absolute atomic E-state index is 0.00937. The number of esters is 1. The van der Waals surface area contributed by atoms with Crippen LogP contribution >= 0.6 is 0 Å². The van der Waals surface area contributed by atoms with Gasteiger partial charge >= 0.3 is 5.97 Å². The van der Waals surface area contributed by atoms with Crippen LogP contribution in [0.15, 0.2) is 53.3 Å². The summed E-state index contributed by atoms with van der Waals surface area (Å²) >= 11 is 0. The second-order valence-corrected chi connectivity index (χ2v) is 10.3. The van der Waals surface area contributed by atoms with Gasteiger partial charge in [0, 0.05) is 33.3 Å². The lowest BCUT2D eigenvalue weighted by Crippen LogP contribution is -2.32. The van der Waals surface area contributed by atoms with Crippen LogP contribution in [0.4, 0.5) is 5.69 Å². The number of carbonyl (C=O) groups excluding carboxylic acids is 1. The third-order valence-corrected chi connectivity index (χ3v) is 7.86. The van der Waals surface area contributed by atoms with Crippen molar-refractivity contribution in [1.29, 1.82) is 0 Å². The van der Waals surface area contributed by atoms with E-state index in [1.165, 1.54) is 0 Å². The highest BCUT2D eigenvalue weighted by atomic mass is 16.5. The molecule has 0 radical (unpaired) electrons. The van der Waals surface area contributed by atoms with Crippen LogP contribution in [0.25, 0.3) is 38.2 Å². The highest BCUT2D eigenvalue weighted by molar-refractivity contribution is 6.18. The molecular weight excluding hydrogens is 450 g/mol. The molecule has 1 fully saturated rings. The monoisotopic (exact) mass is 481 g/mol. The van der Waals surface area contributed by atoms with Crippen molar-refractivity contribution in [2.45, 2.75) is 65.0 Å². The number of aromatic nitrogens is 2. The molecule has 1 N–H and O–H groups in total. The molecular formula is C30H31N3O3. The van der Waals surface area contributed by atoms with Crippen molar-refractivity contribution in [1.82, 2.24) is 9.38 Å². The molecule has 36 heavy (non-hydrogen) atoms. The van der Waals surface area contributed by atoms with Gasteiger partial charge in [-0.1, -0.05) is 32.0 Å². The summed E-state index contributed by atoms with van der Waals surface area (Å²) in [6, 6.07) is 16.5. The molecule has 1 unspecified atom stereocenters. The highest BCUT2D eigenvalue weighted by Gasteiger charge is 2.26. The molecule has 1 aliphatic rings. The van der Waals surface area contributed by atoms with Crippen LogP contribution in [-0.4, -0.2) is 27.5 Å². The second-order valence-electron chi connectivity index (χ2n) is 10.3. The van der Waals surface area contributed by atoms with Crippen LogP contribution in [0.5, 0.6) is 0 Å². The van der Waals surface area contributed by atoms with E-state index in [1.54, 1.807) is 4.40 Å². The van der Waals surface area contributed by atoms with Gasteiger partial charge < -0.3 is 10.1 Å². The molecule has 0 bridgehead atoms. The van der Waals surface area contributed by atoms with E-state index >= 15 is 0 Å². The van der Waals surface area contributed by atoms with Crippen molar-refractivity contribution in [3.63, 3.8) is 0 Å². The largest absolute Gasteiger partial charge is 0.462 e. The first-order chi connectivity index (χ1) is 17.4. The lowest BCUT2D eigenvalue weighted by Gasteiger charge is -2.30. The number of fused-ring (bicyclic) bond motifs is 4. The van der Waals surface area contributed by atoms with Crippen molar-refractivity contribution >= 4 is 49.9 Å². The number of benzene rings is 3. The normalized spacial score (nSPS) is 19.3. The number of rotatable bonds is 5. The fourth-order valence-electron chi connectivity index (χ4n) is 5.59. The zero-order valence-corrected chi connectivity index (χ0v) is 21.0. The predicted molar refractivity (Wildman–Crippen MR) is 145 cm³/mol. The number of nitrogens with zero attached hydrogens (tertiary/aromatic N) is 2. The summed E-state index contributed by atoms with van der Waals surface area (Å²) in [5.41, 5.74) is 4.51. The van der Waals surface area contributed by atoms with Crippen LogP contribution in [0.3, 0.4) is 0 Å². The number of hydrogen-bond acceptors (Lipinski definition) is 5. The van der Waals surface area contributed by atoms with E-state index in [0.717, 1.165) is 70.5 Å². The molecule has 1 atom stereocenters. The molecule has 0 saturated heterocycles. The molecule has 6 nitrogen and oxygen atoms in total. The molecule has 0 amide bonds. The first kappa shape index (κ1) is 22.8. The summed E-state index contributed by atoms with van der Waals surface area (Å²) in [6.45, 7) is 5.97. The number of hydrogen-bond donors (Lipinski definition) is 1. The average Bonchev–Trinajstić information content (AvgIpc) is 3.27. The standard InChI is InChI=1S/C30H31N3O3/c1-4-18(3)30(35)36-20-11-9-19(10-12-20)31-24-14-13-22-27-21(24)6-5-7-23(27)29(34)33-26-15-8-17(2)16-25(26)32-28(22)33/h5-8,13-16,18-20,31H,4,9-12H2,1-3H3. The number of carbonyl (C=O) groups is 1. The summed E-state index contributed by atoms with van der Waals surface area (Å²) in [5.74, 6) is -0.123. The number of anilines is 1. The average molecular weight is 482 g/mol. The first-order valence-electron chi connectivity index (χ1n) is 13.0. The minimum atomic E-state index is -0.0803. The fourth-order valence-corrected chi connectivity index (χ4v) is 5.59. The van der Waals surface area contributed by atoms with Gasteiger partial charge in [-0.3, -0.25) is 14.0 Å². The molecule has 2 aromatic heterocycles. The SMILES string of the molecule is CCC(C)C(=O)OC1CCC(Nc2ccc3c4c2cccc4c(=O)n2c4ccc(C)cc4nc32)CC1. The molecule has 0 aliphatic heterocycles. The Bertz CT molecular complexity index is 1660. The van der Waals surface area contributed by atoms with Gasteiger partial charge in [-0.15, -0.1) is 0 Å². The fraction of sp³-hybridized carbons (Fsp3) is 0.367. The zero-order valence-electron chi connectivity index (χ0n) is 21.0. The maximum absolute atomic E-state index is 13.6.